The molecule has 1 aromatic carbocycles. The first-order valence-corrected chi connectivity index (χ1v) is 8.34. The van der Waals surface area contributed by atoms with E-state index in [-0.39, 0.29) is 29.8 Å². The molecule has 0 atom stereocenters. The maximum absolute atomic E-state index is 12.6. The first-order chi connectivity index (χ1) is 10.8. The third-order valence-corrected chi connectivity index (χ3v) is 4.76. The lowest BCUT2D eigenvalue weighted by Gasteiger charge is -2.17. The number of alkyl halides is 1. The number of hydrogen-bond acceptors (Lipinski definition) is 4. The van der Waals surface area contributed by atoms with E-state index >= 15 is 0 Å². The van der Waals surface area contributed by atoms with E-state index in [0.29, 0.717) is 23.2 Å². The number of thiazole rings is 1. The topological polar surface area (TPSA) is 70.5 Å². The molecule has 0 saturated carbocycles. The molecule has 1 aromatic heterocycles. The monoisotopic (exact) mass is 388 g/mol. The number of carbonyl (C=O) groups is 2. The molecule has 0 fully saturated rings. The summed E-state index contributed by atoms with van der Waals surface area (Å²) in [5, 5.41) is 12.1. The Kier molecular flexibility index (Phi) is 7.20. The van der Waals surface area contributed by atoms with Gasteiger partial charge in [-0.2, -0.15) is 0 Å². The van der Waals surface area contributed by atoms with Crippen molar-refractivity contribution in [2.45, 2.75) is 26.3 Å². The normalized spacial score (nSPS) is 10.2. The van der Waals surface area contributed by atoms with Gasteiger partial charge in [0.15, 0.2) is 0 Å². The van der Waals surface area contributed by atoms with E-state index in [1.165, 1.54) is 22.3 Å². The Hall–Kier alpha value is -1.63. The summed E-state index contributed by atoms with van der Waals surface area (Å²) < 4.78 is 0. The molecule has 2 rings (SSSR count). The van der Waals surface area contributed by atoms with E-state index in [9.17, 15) is 14.7 Å². The van der Waals surface area contributed by atoms with E-state index in [4.69, 9.17) is 11.6 Å². The fraction of sp³-hybridized carbons (Fsp3) is 0.312. The van der Waals surface area contributed by atoms with Gasteiger partial charge in [-0.1, -0.05) is 0 Å². The highest BCUT2D eigenvalue weighted by Gasteiger charge is 2.19. The first-order valence-electron chi connectivity index (χ1n) is 6.92. The number of halogens is 2. The molecule has 1 N–H and O–H groups in total. The lowest BCUT2D eigenvalue weighted by Crippen LogP contribution is -2.26. The zero-order valence-electron chi connectivity index (χ0n) is 13.5. The van der Waals surface area contributed by atoms with Crippen LogP contribution in [0.1, 0.15) is 42.5 Å². The Balaban J connectivity index is 0.00000288. The highest BCUT2D eigenvalue weighted by molar-refractivity contribution is 7.09. The number of amides is 1. The summed E-state index contributed by atoms with van der Waals surface area (Å²) in [7, 11) is 1.67. The van der Waals surface area contributed by atoms with Gasteiger partial charge >= 0.3 is 5.97 Å². The molecule has 0 radical (unpaired) electrons. The zero-order valence-corrected chi connectivity index (χ0v) is 15.9. The number of nitrogens with zero attached hydrogens (tertiary/aromatic N) is 2. The van der Waals surface area contributed by atoms with E-state index in [1.54, 1.807) is 20.0 Å². The first kappa shape index (κ1) is 20.4. The van der Waals surface area contributed by atoms with Crippen LogP contribution < -0.4 is 0 Å². The van der Waals surface area contributed by atoms with Crippen molar-refractivity contribution in [2.75, 3.05) is 7.05 Å². The third kappa shape index (κ3) is 4.47. The molecule has 8 heteroatoms. The number of aryl methyl sites for hydroxylation is 1. The Labute approximate surface area is 155 Å². The fourth-order valence-electron chi connectivity index (χ4n) is 2.23. The lowest BCUT2D eigenvalue weighted by molar-refractivity contribution is 0.0696. The van der Waals surface area contributed by atoms with Crippen LogP contribution in [0.25, 0.3) is 0 Å². The van der Waals surface area contributed by atoms with E-state index in [2.05, 4.69) is 4.98 Å². The number of carboxylic acids is 1. The Morgan fingerprint density at radius 3 is 2.50 bits per heavy atom. The van der Waals surface area contributed by atoms with E-state index < -0.39 is 5.97 Å². The summed E-state index contributed by atoms with van der Waals surface area (Å²) in [6.07, 6.45) is 0. The summed E-state index contributed by atoms with van der Waals surface area (Å²) in [5.41, 5.74) is 2.57. The molecular formula is C16H18Cl2N2O3S. The van der Waals surface area contributed by atoms with Gasteiger partial charge < -0.3 is 10.0 Å². The quantitative estimate of drug-likeness (QED) is 0.788. The lowest BCUT2D eigenvalue weighted by atomic mass is 9.99. The molecular weight excluding hydrogens is 371 g/mol. The second-order valence-electron chi connectivity index (χ2n) is 5.29. The molecule has 1 heterocycles. The van der Waals surface area contributed by atoms with Gasteiger partial charge in [0, 0.05) is 29.6 Å². The van der Waals surface area contributed by atoms with Crippen molar-refractivity contribution in [3.63, 3.8) is 0 Å². The van der Waals surface area contributed by atoms with Gasteiger partial charge in [-0.3, -0.25) is 4.79 Å². The van der Waals surface area contributed by atoms with Crippen LogP contribution in [0.15, 0.2) is 17.5 Å². The molecule has 5 nitrogen and oxygen atoms in total. The van der Waals surface area contributed by atoms with Gasteiger partial charge in [-0.05, 0) is 37.1 Å². The molecule has 0 unspecified atom stereocenters. The molecule has 0 aliphatic carbocycles. The van der Waals surface area contributed by atoms with Crippen LogP contribution in [0.2, 0.25) is 0 Å². The van der Waals surface area contributed by atoms with Crippen LogP contribution in [-0.4, -0.2) is 33.9 Å². The number of aromatic nitrogens is 1. The van der Waals surface area contributed by atoms with Gasteiger partial charge in [0.2, 0.25) is 0 Å². The van der Waals surface area contributed by atoms with Crippen molar-refractivity contribution in [1.29, 1.82) is 0 Å². The SMILES string of the molecule is Cc1csc(CN(C)C(=O)c2cc(CCl)c(C)c(C(=O)O)c2)n1.Cl. The number of aromatic carboxylic acids is 1. The van der Waals surface area contributed by atoms with Crippen LogP contribution in [0.4, 0.5) is 0 Å². The van der Waals surface area contributed by atoms with Gasteiger partial charge in [-0.15, -0.1) is 35.3 Å². The average molecular weight is 389 g/mol. The summed E-state index contributed by atoms with van der Waals surface area (Å²) in [4.78, 5) is 29.8. The van der Waals surface area contributed by atoms with Crippen molar-refractivity contribution in [3.05, 3.63) is 50.5 Å². The zero-order chi connectivity index (χ0) is 17.1. The van der Waals surface area contributed by atoms with Gasteiger partial charge in [-0.25, -0.2) is 9.78 Å². The molecule has 24 heavy (non-hydrogen) atoms. The predicted octanol–water partition coefficient (Wildman–Crippen LogP) is 3.89. The number of benzene rings is 1. The molecule has 0 aliphatic rings. The van der Waals surface area contributed by atoms with E-state index in [0.717, 1.165) is 10.7 Å². The van der Waals surface area contributed by atoms with Gasteiger partial charge in [0.25, 0.3) is 5.91 Å². The highest BCUT2D eigenvalue weighted by Crippen LogP contribution is 2.21. The minimum Gasteiger partial charge on any atom is -0.478 e. The van der Waals surface area contributed by atoms with Crippen molar-refractivity contribution in [3.8, 4) is 0 Å². The van der Waals surface area contributed by atoms with Crippen LogP contribution in [0.3, 0.4) is 0 Å². The van der Waals surface area contributed by atoms with Crippen LogP contribution >= 0.6 is 35.3 Å². The minimum absolute atomic E-state index is 0. The van der Waals surface area contributed by atoms with Crippen molar-refractivity contribution in [1.82, 2.24) is 9.88 Å². The van der Waals surface area contributed by atoms with E-state index in [1.807, 2.05) is 12.3 Å². The largest absolute Gasteiger partial charge is 0.478 e. The number of hydrogen-bond donors (Lipinski definition) is 1. The van der Waals surface area contributed by atoms with Crippen molar-refractivity contribution in [2.24, 2.45) is 0 Å². The summed E-state index contributed by atoms with van der Waals surface area (Å²) in [6, 6.07) is 3.06. The average Bonchev–Trinajstić information content (AvgIpc) is 2.91. The molecule has 130 valence electrons. The van der Waals surface area contributed by atoms with Crippen LogP contribution in [-0.2, 0) is 12.4 Å². The molecule has 2 aromatic rings. The predicted molar refractivity (Wildman–Crippen MR) is 97.6 cm³/mol. The molecule has 0 bridgehead atoms. The molecule has 1 amide bonds. The van der Waals surface area contributed by atoms with Crippen molar-refractivity contribution >= 4 is 47.2 Å². The Bertz CT molecular complexity index is 762. The fourth-order valence-corrected chi connectivity index (χ4v) is 3.33. The molecule has 0 saturated heterocycles. The standard InChI is InChI=1S/C16H17ClN2O3S.ClH/c1-9-8-23-14(18-9)7-19(3)15(20)11-4-12(6-17)10(2)13(5-11)16(21)22;/h4-5,8H,6-7H2,1-3H3,(H,21,22);1H. The maximum atomic E-state index is 12.6. The smallest absolute Gasteiger partial charge is 0.335 e. The minimum atomic E-state index is -1.07. The van der Waals surface area contributed by atoms with Crippen LogP contribution in [0, 0.1) is 13.8 Å². The van der Waals surface area contributed by atoms with Crippen LogP contribution in [0.5, 0.6) is 0 Å². The van der Waals surface area contributed by atoms with Gasteiger partial charge in [0.05, 0.1) is 12.1 Å². The second-order valence-corrected chi connectivity index (χ2v) is 6.50. The number of carbonyl (C=O) groups excluding carboxylic acids is 1. The molecule has 0 spiro atoms. The molecule has 0 aliphatic heterocycles. The maximum Gasteiger partial charge on any atom is 0.335 e. The summed E-state index contributed by atoms with van der Waals surface area (Å²) in [6.45, 7) is 3.97. The third-order valence-electron chi connectivity index (χ3n) is 3.52. The summed E-state index contributed by atoms with van der Waals surface area (Å²) >= 11 is 7.36. The van der Waals surface area contributed by atoms with Gasteiger partial charge in [0.1, 0.15) is 5.01 Å². The number of rotatable bonds is 5. The number of carboxylic acid groups (broad SMARTS) is 1. The van der Waals surface area contributed by atoms with Crippen molar-refractivity contribution < 1.29 is 14.7 Å². The highest BCUT2D eigenvalue weighted by atomic mass is 35.5. The Morgan fingerprint density at radius 2 is 2.00 bits per heavy atom. The Morgan fingerprint density at radius 1 is 1.33 bits per heavy atom. The summed E-state index contributed by atoms with van der Waals surface area (Å²) in [5.74, 6) is -1.17. The second kappa shape index (κ2) is 8.46.